The summed E-state index contributed by atoms with van der Waals surface area (Å²) in [6.45, 7) is 0.314. The van der Waals surface area contributed by atoms with E-state index in [1.807, 2.05) is 6.07 Å². The topological polar surface area (TPSA) is 41.5 Å². The number of ether oxygens (including phenoxy) is 1. The fourth-order valence-electron chi connectivity index (χ4n) is 1.46. The Morgan fingerprint density at radius 1 is 1.12 bits per heavy atom. The molecule has 0 atom stereocenters. The average Bonchev–Trinajstić information content (AvgIpc) is 2.33. The van der Waals surface area contributed by atoms with Gasteiger partial charge >= 0.3 is 0 Å². The maximum atomic E-state index is 13.3. The first-order valence-electron chi connectivity index (χ1n) is 5.18. The molecule has 0 heterocycles. The molecule has 17 heavy (non-hydrogen) atoms. The Morgan fingerprint density at radius 2 is 1.94 bits per heavy atom. The molecule has 2 N–H and O–H groups in total. The highest BCUT2D eigenvalue weighted by Crippen LogP contribution is 2.24. The summed E-state index contributed by atoms with van der Waals surface area (Å²) in [4.78, 5) is 0. The van der Waals surface area contributed by atoms with Gasteiger partial charge in [0, 0.05) is 6.54 Å². The minimum Gasteiger partial charge on any atom is -0.454 e. The van der Waals surface area contributed by atoms with E-state index in [1.165, 1.54) is 6.07 Å². The SMILES string of the molecule is ONCc1cccc(Oc2ccccc2F)c1. The number of hydrogen-bond donors (Lipinski definition) is 2. The number of benzene rings is 2. The van der Waals surface area contributed by atoms with Crippen molar-refractivity contribution in [1.82, 2.24) is 5.48 Å². The summed E-state index contributed by atoms with van der Waals surface area (Å²) in [6, 6.07) is 13.3. The summed E-state index contributed by atoms with van der Waals surface area (Å²) in [5.41, 5.74) is 2.91. The molecular formula is C13H12FNO2. The van der Waals surface area contributed by atoms with Crippen molar-refractivity contribution in [2.45, 2.75) is 6.54 Å². The van der Waals surface area contributed by atoms with Gasteiger partial charge in [-0.1, -0.05) is 24.3 Å². The van der Waals surface area contributed by atoms with Crippen molar-refractivity contribution in [2.24, 2.45) is 0 Å². The van der Waals surface area contributed by atoms with Gasteiger partial charge in [-0.2, -0.15) is 0 Å². The molecule has 2 aromatic rings. The van der Waals surface area contributed by atoms with Gasteiger partial charge in [0.1, 0.15) is 5.75 Å². The van der Waals surface area contributed by atoms with Crippen LogP contribution in [0.2, 0.25) is 0 Å². The van der Waals surface area contributed by atoms with E-state index in [4.69, 9.17) is 9.94 Å². The van der Waals surface area contributed by atoms with Gasteiger partial charge in [-0.15, -0.1) is 0 Å². The van der Waals surface area contributed by atoms with Crippen LogP contribution in [0.5, 0.6) is 11.5 Å². The molecule has 2 rings (SSSR count). The molecule has 88 valence electrons. The van der Waals surface area contributed by atoms with Crippen LogP contribution in [0.15, 0.2) is 48.5 Å². The van der Waals surface area contributed by atoms with E-state index < -0.39 is 5.82 Å². The van der Waals surface area contributed by atoms with Crippen LogP contribution in [0.25, 0.3) is 0 Å². The molecule has 0 unspecified atom stereocenters. The zero-order valence-electron chi connectivity index (χ0n) is 9.06. The van der Waals surface area contributed by atoms with Crippen molar-refractivity contribution in [1.29, 1.82) is 0 Å². The second-order valence-electron chi connectivity index (χ2n) is 3.51. The Balaban J connectivity index is 2.18. The maximum Gasteiger partial charge on any atom is 0.165 e. The molecule has 0 aliphatic carbocycles. The molecule has 0 saturated heterocycles. The average molecular weight is 233 g/mol. The van der Waals surface area contributed by atoms with Gasteiger partial charge in [0.05, 0.1) is 0 Å². The van der Waals surface area contributed by atoms with E-state index in [2.05, 4.69) is 5.48 Å². The van der Waals surface area contributed by atoms with Crippen molar-refractivity contribution in [2.75, 3.05) is 0 Å². The fourth-order valence-corrected chi connectivity index (χ4v) is 1.46. The highest BCUT2D eigenvalue weighted by Gasteiger charge is 2.03. The van der Waals surface area contributed by atoms with E-state index in [-0.39, 0.29) is 5.75 Å². The van der Waals surface area contributed by atoms with Gasteiger partial charge in [0.15, 0.2) is 11.6 Å². The zero-order chi connectivity index (χ0) is 12.1. The van der Waals surface area contributed by atoms with Crippen LogP contribution in [0.1, 0.15) is 5.56 Å². The van der Waals surface area contributed by atoms with Crippen LogP contribution in [0.3, 0.4) is 0 Å². The van der Waals surface area contributed by atoms with Crippen molar-refractivity contribution in [3.05, 3.63) is 59.9 Å². The van der Waals surface area contributed by atoms with Crippen LogP contribution in [0.4, 0.5) is 4.39 Å². The first-order valence-corrected chi connectivity index (χ1v) is 5.18. The van der Waals surface area contributed by atoms with Crippen LogP contribution >= 0.6 is 0 Å². The van der Waals surface area contributed by atoms with Crippen LogP contribution < -0.4 is 10.2 Å². The quantitative estimate of drug-likeness (QED) is 0.797. The van der Waals surface area contributed by atoms with E-state index in [9.17, 15) is 4.39 Å². The number of rotatable bonds is 4. The third kappa shape index (κ3) is 3.03. The number of hydroxylamine groups is 1. The summed E-state index contributed by atoms with van der Waals surface area (Å²) in [6.07, 6.45) is 0. The minimum atomic E-state index is -0.404. The van der Waals surface area contributed by atoms with Crippen molar-refractivity contribution in [3.63, 3.8) is 0 Å². The number of hydrogen-bond acceptors (Lipinski definition) is 3. The monoisotopic (exact) mass is 233 g/mol. The summed E-state index contributed by atoms with van der Waals surface area (Å²) >= 11 is 0. The molecule has 0 radical (unpaired) electrons. The lowest BCUT2D eigenvalue weighted by atomic mass is 10.2. The maximum absolute atomic E-state index is 13.3. The first-order chi connectivity index (χ1) is 8.29. The predicted molar refractivity (Wildman–Crippen MR) is 61.5 cm³/mol. The van der Waals surface area contributed by atoms with E-state index in [0.29, 0.717) is 12.3 Å². The molecule has 4 heteroatoms. The molecule has 0 aliphatic heterocycles. The lowest BCUT2D eigenvalue weighted by Gasteiger charge is -2.07. The summed E-state index contributed by atoms with van der Waals surface area (Å²) in [5, 5.41) is 8.59. The van der Waals surface area contributed by atoms with Crippen LogP contribution in [0, 0.1) is 5.82 Å². The van der Waals surface area contributed by atoms with Gasteiger partial charge in [-0.3, -0.25) is 0 Å². The molecule has 0 amide bonds. The van der Waals surface area contributed by atoms with Crippen LogP contribution in [-0.2, 0) is 6.54 Å². The van der Waals surface area contributed by atoms with E-state index >= 15 is 0 Å². The highest BCUT2D eigenvalue weighted by molar-refractivity contribution is 5.34. The van der Waals surface area contributed by atoms with Crippen molar-refractivity contribution in [3.8, 4) is 11.5 Å². The lowest BCUT2D eigenvalue weighted by Crippen LogP contribution is -2.05. The standard InChI is InChI=1S/C13H12FNO2/c14-12-6-1-2-7-13(12)17-11-5-3-4-10(8-11)9-15-16/h1-8,15-16H,9H2. The Labute approximate surface area is 98.4 Å². The number of nitrogens with one attached hydrogen (secondary N) is 1. The summed E-state index contributed by atoms with van der Waals surface area (Å²) < 4.78 is 18.8. The third-order valence-corrected chi connectivity index (χ3v) is 2.25. The van der Waals surface area contributed by atoms with E-state index in [0.717, 1.165) is 5.56 Å². The van der Waals surface area contributed by atoms with E-state index in [1.54, 1.807) is 36.4 Å². The second-order valence-corrected chi connectivity index (χ2v) is 3.51. The molecule has 3 nitrogen and oxygen atoms in total. The van der Waals surface area contributed by atoms with Crippen molar-refractivity contribution >= 4 is 0 Å². The predicted octanol–water partition coefficient (Wildman–Crippen LogP) is 3.10. The Morgan fingerprint density at radius 3 is 2.71 bits per heavy atom. The van der Waals surface area contributed by atoms with Crippen molar-refractivity contribution < 1.29 is 14.3 Å². The summed E-state index contributed by atoms with van der Waals surface area (Å²) in [5.74, 6) is 0.308. The Hall–Kier alpha value is -1.91. The van der Waals surface area contributed by atoms with Gasteiger partial charge in [0.25, 0.3) is 0 Å². The lowest BCUT2D eigenvalue weighted by molar-refractivity contribution is 0.161. The smallest absolute Gasteiger partial charge is 0.165 e. The third-order valence-electron chi connectivity index (χ3n) is 2.25. The molecule has 0 bridgehead atoms. The first kappa shape index (κ1) is 11.6. The zero-order valence-corrected chi connectivity index (χ0v) is 9.06. The Kier molecular flexibility index (Phi) is 3.69. The molecular weight excluding hydrogens is 221 g/mol. The molecule has 0 saturated carbocycles. The molecule has 0 spiro atoms. The molecule has 0 aromatic heterocycles. The van der Waals surface area contributed by atoms with Crippen LogP contribution in [-0.4, -0.2) is 5.21 Å². The summed E-state index contributed by atoms with van der Waals surface area (Å²) in [7, 11) is 0. The van der Waals surface area contributed by atoms with Gasteiger partial charge in [-0.25, -0.2) is 9.87 Å². The highest BCUT2D eigenvalue weighted by atomic mass is 19.1. The fraction of sp³-hybridized carbons (Fsp3) is 0.0769. The largest absolute Gasteiger partial charge is 0.454 e. The van der Waals surface area contributed by atoms with Gasteiger partial charge < -0.3 is 9.94 Å². The number of halogens is 1. The molecule has 0 aliphatic rings. The molecule has 0 fully saturated rings. The Bertz CT molecular complexity index is 502. The van der Waals surface area contributed by atoms with Gasteiger partial charge in [0.2, 0.25) is 0 Å². The molecule has 2 aromatic carbocycles. The normalized spacial score (nSPS) is 10.2. The second kappa shape index (κ2) is 5.43. The number of para-hydroxylation sites is 1. The minimum absolute atomic E-state index is 0.182. The van der Waals surface area contributed by atoms with Gasteiger partial charge in [-0.05, 0) is 29.8 Å².